The SMILES string of the molecule is C=C(C)C(=O)[C@]1(C)CC[C@H](C(C)C)C1. The van der Waals surface area contributed by atoms with Crippen LogP contribution in [0, 0.1) is 17.3 Å². The molecule has 80 valence electrons. The van der Waals surface area contributed by atoms with Crippen LogP contribution >= 0.6 is 0 Å². The number of hydrogen-bond acceptors (Lipinski definition) is 1. The van der Waals surface area contributed by atoms with Crippen LogP contribution in [0.3, 0.4) is 0 Å². The quantitative estimate of drug-likeness (QED) is 0.627. The first kappa shape index (κ1) is 11.5. The van der Waals surface area contributed by atoms with Gasteiger partial charge in [-0.25, -0.2) is 0 Å². The molecule has 1 heteroatoms. The van der Waals surface area contributed by atoms with Crippen LogP contribution in [-0.4, -0.2) is 5.78 Å². The molecule has 0 aromatic rings. The molecule has 1 saturated carbocycles. The Morgan fingerprint density at radius 3 is 2.43 bits per heavy atom. The molecule has 0 amide bonds. The molecule has 0 aliphatic heterocycles. The molecule has 1 aliphatic carbocycles. The second kappa shape index (κ2) is 3.88. The molecule has 1 nitrogen and oxygen atoms in total. The Kier molecular flexibility index (Phi) is 3.18. The first-order chi connectivity index (χ1) is 6.37. The zero-order chi connectivity index (χ0) is 10.9. The van der Waals surface area contributed by atoms with Crippen molar-refractivity contribution >= 4 is 5.78 Å². The summed E-state index contributed by atoms with van der Waals surface area (Å²) in [4.78, 5) is 11.9. The van der Waals surface area contributed by atoms with E-state index in [1.165, 1.54) is 6.42 Å². The Hall–Kier alpha value is -0.590. The lowest BCUT2D eigenvalue weighted by atomic mass is 9.79. The molecule has 0 radical (unpaired) electrons. The van der Waals surface area contributed by atoms with Gasteiger partial charge in [0, 0.05) is 5.41 Å². The van der Waals surface area contributed by atoms with Crippen molar-refractivity contribution < 1.29 is 4.79 Å². The molecular formula is C13H22O. The Morgan fingerprint density at radius 1 is 1.50 bits per heavy atom. The van der Waals surface area contributed by atoms with Crippen molar-refractivity contribution in [3.05, 3.63) is 12.2 Å². The summed E-state index contributed by atoms with van der Waals surface area (Å²) in [7, 11) is 0. The topological polar surface area (TPSA) is 17.1 Å². The normalized spacial score (nSPS) is 32.2. The summed E-state index contributed by atoms with van der Waals surface area (Å²) in [5.41, 5.74) is 0.609. The van der Waals surface area contributed by atoms with Gasteiger partial charge in [-0.2, -0.15) is 0 Å². The Labute approximate surface area is 87.6 Å². The monoisotopic (exact) mass is 194 g/mol. The van der Waals surface area contributed by atoms with E-state index in [1.54, 1.807) is 0 Å². The highest BCUT2D eigenvalue weighted by atomic mass is 16.1. The fourth-order valence-electron chi connectivity index (χ4n) is 2.58. The summed E-state index contributed by atoms with van der Waals surface area (Å²) in [5, 5.41) is 0. The summed E-state index contributed by atoms with van der Waals surface area (Å²) in [6.07, 6.45) is 3.30. The highest BCUT2D eigenvalue weighted by Crippen LogP contribution is 2.45. The van der Waals surface area contributed by atoms with Crippen molar-refractivity contribution in [3.8, 4) is 0 Å². The van der Waals surface area contributed by atoms with Gasteiger partial charge >= 0.3 is 0 Å². The van der Waals surface area contributed by atoms with Crippen LogP contribution in [0.25, 0.3) is 0 Å². The van der Waals surface area contributed by atoms with E-state index in [0.717, 1.165) is 24.3 Å². The molecule has 2 atom stereocenters. The third-order valence-electron chi connectivity index (χ3n) is 3.66. The van der Waals surface area contributed by atoms with Crippen LogP contribution in [0.15, 0.2) is 12.2 Å². The van der Waals surface area contributed by atoms with E-state index in [0.29, 0.717) is 5.92 Å². The van der Waals surface area contributed by atoms with Crippen molar-refractivity contribution in [1.29, 1.82) is 0 Å². The molecule has 14 heavy (non-hydrogen) atoms. The maximum Gasteiger partial charge on any atom is 0.163 e. The molecule has 1 fully saturated rings. The number of hydrogen-bond donors (Lipinski definition) is 0. The van der Waals surface area contributed by atoms with Crippen LogP contribution in [0.5, 0.6) is 0 Å². The number of ketones is 1. The van der Waals surface area contributed by atoms with E-state index in [-0.39, 0.29) is 11.2 Å². The predicted molar refractivity (Wildman–Crippen MR) is 60.1 cm³/mol. The first-order valence-electron chi connectivity index (χ1n) is 5.57. The molecule has 0 unspecified atom stereocenters. The third-order valence-corrected chi connectivity index (χ3v) is 3.66. The Balaban J connectivity index is 2.71. The van der Waals surface area contributed by atoms with Crippen LogP contribution in [-0.2, 0) is 4.79 Å². The lowest BCUT2D eigenvalue weighted by Crippen LogP contribution is -2.25. The number of carbonyl (C=O) groups excluding carboxylic acids is 1. The second-order valence-corrected chi connectivity index (χ2v) is 5.42. The fourth-order valence-corrected chi connectivity index (χ4v) is 2.58. The maximum atomic E-state index is 11.9. The summed E-state index contributed by atoms with van der Waals surface area (Å²) >= 11 is 0. The molecule has 0 bridgehead atoms. The molecular weight excluding hydrogens is 172 g/mol. The number of rotatable bonds is 3. The zero-order valence-electron chi connectivity index (χ0n) is 9.89. The van der Waals surface area contributed by atoms with Gasteiger partial charge in [-0.15, -0.1) is 0 Å². The molecule has 1 aliphatic rings. The fraction of sp³-hybridized carbons (Fsp3) is 0.769. The maximum absolute atomic E-state index is 11.9. The van der Waals surface area contributed by atoms with E-state index < -0.39 is 0 Å². The number of carbonyl (C=O) groups is 1. The summed E-state index contributed by atoms with van der Waals surface area (Å²) in [5.74, 6) is 1.71. The van der Waals surface area contributed by atoms with Gasteiger partial charge in [0.1, 0.15) is 0 Å². The average molecular weight is 194 g/mol. The van der Waals surface area contributed by atoms with Gasteiger partial charge in [0.15, 0.2) is 5.78 Å². The highest BCUT2D eigenvalue weighted by Gasteiger charge is 2.41. The summed E-state index contributed by atoms with van der Waals surface area (Å²) < 4.78 is 0. The van der Waals surface area contributed by atoms with Gasteiger partial charge in [-0.3, -0.25) is 4.79 Å². The molecule has 0 aromatic carbocycles. The van der Waals surface area contributed by atoms with Crippen molar-refractivity contribution in [1.82, 2.24) is 0 Å². The van der Waals surface area contributed by atoms with Crippen LogP contribution in [0.1, 0.15) is 47.0 Å². The van der Waals surface area contributed by atoms with E-state index in [2.05, 4.69) is 27.4 Å². The van der Waals surface area contributed by atoms with Gasteiger partial charge in [0.25, 0.3) is 0 Å². The highest BCUT2D eigenvalue weighted by molar-refractivity contribution is 5.98. The third kappa shape index (κ3) is 2.08. The van der Waals surface area contributed by atoms with Crippen molar-refractivity contribution in [2.24, 2.45) is 17.3 Å². The largest absolute Gasteiger partial charge is 0.294 e. The molecule has 0 N–H and O–H groups in total. The minimum absolute atomic E-state index is 0.110. The average Bonchev–Trinajstić information content (AvgIpc) is 2.48. The van der Waals surface area contributed by atoms with Gasteiger partial charge in [-0.05, 0) is 43.6 Å². The van der Waals surface area contributed by atoms with Gasteiger partial charge < -0.3 is 0 Å². The molecule has 0 saturated heterocycles. The minimum atomic E-state index is -0.110. The summed E-state index contributed by atoms with van der Waals surface area (Å²) in [6, 6.07) is 0. The Morgan fingerprint density at radius 2 is 2.07 bits per heavy atom. The lowest BCUT2D eigenvalue weighted by Gasteiger charge is -2.23. The van der Waals surface area contributed by atoms with Gasteiger partial charge in [0.05, 0.1) is 0 Å². The smallest absolute Gasteiger partial charge is 0.163 e. The van der Waals surface area contributed by atoms with E-state index >= 15 is 0 Å². The number of allylic oxidation sites excluding steroid dienone is 1. The van der Waals surface area contributed by atoms with Crippen LogP contribution in [0.4, 0.5) is 0 Å². The van der Waals surface area contributed by atoms with Crippen LogP contribution < -0.4 is 0 Å². The first-order valence-corrected chi connectivity index (χ1v) is 5.57. The van der Waals surface area contributed by atoms with E-state index in [9.17, 15) is 4.79 Å². The van der Waals surface area contributed by atoms with E-state index in [1.807, 2.05) is 6.92 Å². The summed E-state index contributed by atoms with van der Waals surface area (Å²) in [6.45, 7) is 12.2. The standard InChI is InChI=1S/C13H22O/c1-9(2)11-6-7-13(5,8-11)12(14)10(3)4/h9,11H,3,6-8H2,1-2,4-5H3/t11-,13+/m0/s1. The van der Waals surface area contributed by atoms with E-state index in [4.69, 9.17) is 0 Å². The van der Waals surface area contributed by atoms with Crippen molar-refractivity contribution in [2.45, 2.75) is 47.0 Å². The van der Waals surface area contributed by atoms with Crippen molar-refractivity contribution in [3.63, 3.8) is 0 Å². The molecule has 0 spiro atoms. The zero-order valence-corrected chi connectivity index (χ0v) is 9.89. The molecule has 1 rings (SSSR count). The van der Waals surface area contributed by atoms with Gasteiger partial charge in [0.2, 0.25) is 0 Å². The predicted octanol–water partition coefficient (Wildman–Crippen LogP) is 3.59. The number of Topliss-reactive ketones (excluding diaryl/α,β-unsaturated/α-hetero) is 1. The Bertz CT molecular complexity index is 252. The lowest BCUT2D eigenvalue weighted by molar-refractivity contribution is -0.123. The molecule has 0 heterocycles. The minimum Gasteiger partial charge on any atom is -0.294 e. The van der Waals surface area contributed by atoms with Crippen molar-refractivity contribution in [2.75, 3.05) is 0 Å². The molecule has 0 aromatic heterocycles. The second-order valence-electron chi connectivity index (χ2n) is 5.42. The van der Waals surface area contributed by atoms with Crippen LogP contribution in [0.2, 0.25) is 0 Å². The van der Waals surface area contributed by atoms with Gasteiger partial charge in [-0.1, -0.05) is 27.4 Å².